The zero-order valence-corrected chi connectivity index (χ0v) is 12.8. The van der Waals surface area contributed by atoms with Gasteiger partial charge >= 0.3 is 5.97 Å². The van der Waals surface area contributed by atoms with E-state index in [-0.39, 0.29) is 6.42 Å². The molecule has 1 atom stereocenters. The Bertz CT molecular complexity index is 663. The SMILES string of the molecule is O=C(O)Cc1cncc(-c2ccc(OCC3CCOC3)cc2)c1. The molecular formula is C18H19NO4. The molecule has 1 aromatic carbocycles. The van der Waals surface area contributed by atoms with Crippen LogP contribution in [0.25, 0.3) is 11.1 Å². The first-order valence-electron chi connectivity index (χ1n) is 7.67. The van der Waals surface area contributed by atoms with Gasteiger partial charge in [0.05, 0.1) is 19.6 Å². The number of ether oxygens (including phenoxy) is 2. The molecule has 1 fully saturated rings. The molecular weight excluding hydrogens is 294 g/mol. The van der Waals surface area contributed by atoms with Crippen molar-refractivity contribution in [2.75, 3.05) is 19.8 Å². The number of benzene rings is 1. The van der Waals surface area contributed by atoms with Gasteiger partial charge in [0, 0.05) is 30.5 Å². The molecule has 1 N–H and O–H groups in total. The lowest BCUT2D eigenvalue weighted by molar-refractivity contribution is -0.136. The number of carbonyl (C=O) groups is 1. The Balaban J connectivity index is 1.65. The third-order valence-electron chi connectivity index (χ3n) is 3.85. The zero-order valence-electron chi connectivity index (χ0n) is 12.8. The lowest BCUT2D eigenvalue weighted by atomic mass is 10.0. The second kappa shape index (κ2) is 7.24. The van der Waals surface area contributed by atoms with E-state index in [2.05, 4.69) is 4.98 Å². The summed E-state index contributed by atoms with van der Waals surface area (Å²) in [5.74, 6) is 0.450. The highest BCUT2D eigenvalue weighted by atomic mass is 16.5. The first-order chi connectivity index (χ1) is 11.2. The molecule has 1 unspecified atom stereocenters. The molecule has 0 aliphatic carbocycles. The molecule has 2 heterocycles. The van der Waals surface area contributed by atoms with Gasteiger partial charge in [0.1, 0.15) is 5.75 Å². The number of rotatable bonds is 6. The fourth-order valence-corrected chi connectivity index (χ4v) is 2.59. The molecule has 1 aliphatic rings. The minimum absolute atomic E-state index is 0.0223. The summed E-state index contributed by atoms with van der Waals surface area (Å²) in [5, 5.41) is 8.86. The molecule has 3 rings (SSSR count). The van der Waals surface area contributed by atoms with E-state index in [0.29, 0.717) is 18.1 Å². The van der Waals surface area contributed by atoms with Gasteiger partial charge in [-0.2, -0.15) is 0 Å². The van der Waals surface area contributed by atoms with Gasteiger partial charge < -0.3 is 14.6 Å². The van der Waals surface area contributed by atoms with Gasteiger partial charge in [-0.1, -0.05) is 12.1 Å². The van der Waals surface area contributed by atoms with Crippen molar-refractivity contribution in [3.05, 3.63) is 48.3 Å². The third-order valence-corrected chi connectivity index (χ3v) is 3.85. The molecule has 1 aromatic heterocycles. The second-order valence-electron chi connectivity index (χ2n) is 5.72. The van der Waals surface area contributed by atoms with Crippen LogP contribution in [0.15, 0.2) is 42.7 Å². The number of nitrogens with zero attached hydrogens (tertiary/aromatic N) is 1. The monoisotopic (exact) mass is 313 g/mol. The molecule has 0 spiro atoms. The van der Waals surface area contributed by atoms with Gasteiger partial charge in [0.15, 0.2) is 0 Å². The van der Waals surface area contributed by atoms with Crippen LogP contribution in [-0.4, -0.2) is 35.9 Å². The van der Waals surface area contributed by atoms with Crippen LogP contribution in [0.5, 0.6) is 5.75 Å². The Hall–Kier alpha value is -2.40. The first kappa shape index (κ1) is 15.5. The summed E-state index contributed by atoms with van der Waals surface area (Å²) in [5.41, 5.74) is 2.58. The van der Waals surface area contributed by atoms with E-state index >= 15 is 0 Å². The van der Waals surface area contributed by atoms with Crippen molar-refractivity contribution in [1.82, 2.24) is 4.98 Å². The number of pyridine rings is 1. The minimum Gasteiger partial charge on any atom is -0.493 e. The number of carboxylic acids is 1. The van der Waals surface area contributed by atoms with Crippen molar-refractivity contribution >= 4 is 5.97 Å². The lowest BCUT2D eigenvalue weighted by Crippen LogP contribution is -2.11. The summed E-state index contributed by atoms with van der Waals surface area (Å²) in [6.45, 7) is 2.28. The Kier molecular flexibility index (Phi) is 4.88. The maximum absolute atomic E-state index is 10.8. The average Bonchev–Trinajstić information content (AvgIpc) is 3.06. The van der Waals surface area contributed by atoms with Crippen LogP contribution >= 0.6 is 0 Å². The number of hydrogen-bond donors (Lipinski definition) is 1. The largest absolute Gasteiger partial charge is 0.493 e. The molecule has 5 nitrogen and oxygen atoms in total. The maximum atomic E-state index is 10.8. The number of aromatic nitrogens is 1. The Labute approximate surface area is 134 Å². The molecule has 120 valence electrons. The van der Waals surface area contributed by atoms with Crippen molar-refractivity contribution in [3.8, 4) is 16.9 Å². The lowest BCUT2D eigenvalue weighted by Gasteiger charge is -2.11. The standard InChI is InChI=1S/C18H19NO4/c20-18(21)8-14-7-16(10-19-9-14)15-1-3-17(4-2-15)23-12-13-5-6-22-11-13/h1-4,7,9-10,13H,5-6,8,11-12H2,(H,20,21). The van der Waals surface area contributed by atoms with Crippen LogP contribution in [0.1, 0.15) is 12.0 Å². The number of carboxylic acid groups (broad SMARTS) is 1. The first-order valence-corrected chi connectivity index (χ1v) is 7.67. The summed E-state index contributed by atoms with van der Waals surface area (Å²) >= 11 is 0. The van der Waals surface area contributed by atoms with Gasteiger partial charge in [-0.15, -0.1) is 0 Å². The summed E-state index contributed by atoms with van der Waals surface area (Å²) in [6.07, 6.45) is 4.35. The number of aliphatic carboxylic acids is 1. The topological polar surface area (TPSA) is 68.7 Å². The normalized spacial score (nSPS) is 17.1. The fraction of sp³-hybridized carbons (Fsp3) is 0.333. The van der Waals surface area contributed by atoms with E-state index in [1.165, 1.54) is 0 Å². The van der Waals surface area contributed by atoms with E-state index in [1.54, 1.807) is 12.4 Å². The van der Waals surface area contributed by atoms with Crippen LogP contribution in [0.3, 0.4) is 0 Å². The van der Waals surface area contributed by atoms with Crippen molar-refractivity contribution < 1.29 is 19.4 Å². The summed E-state index contributed by atoms with van der Waals surface area (Å²) in [7, 11) is 0. The van der Waals surface area contributed by atoms with Crippen LogP contribution in [0.4, 0.5) is 0 Å². The van der Waals surface area contributed by atoms with Crippen LogP contribution in [0.2, 0.25) is 0 Å². The molecule has 0 radical (unpaired) electrons. The van der Waals surface area contributed by atoms with Gasteiger partial charge in [-0.05, 0) is 35.7 Å². The van der Waals surface area contributed by atoms with E-state index in [4.69, 9.17) is 14.6 Å². The molecule has 5 heteroatoms. The zero-order chi connectivity index (χ0) is 16.1. The Morgan fingerprint density at radius 2 is 2.09 bits per heavy atom. The molecule has 1 saturated heterocycles. The highest BCUT2D eigenvalue weighted by Crippen LogP contribution is 2.23. The summed E-state index contributed by atoms with van der Waals surface area (Å²) in [6, 6.07) is 9.63. The number of hydrogen-bond acceptors (Lipinski definition) is 4. The predicted molar refractivity (Wildman–Crippen MR) is 85.4 cm³/mol. The van der Waals surface area contributed by atoms with E-state index < -0.39 is 5.97 Å². The van der Waals surface area contributed by atoms with Gasteiger partial charge in [-0.3, -0.25) is 9.78 Å². The molecule has 0 bridgehead atoms. The van der Waals surface area contributed by atoms with E-state index in [0.717, 1.165) is 36.5 Å². The van der Waals surface area contributed by atoms with Crippen molar-refractivity contribution in [3.63, 3.8) is 0 Å². The molecule has 2 aromatic rings. The minimum atomic E-state index is -0.858. The second-order valence-corrected chi connectivity index (χ2v) is 5.72. The van der Waals surface area contributed by atoms with Gasteiger partial charge in [0.2, 0.25) is 0 Å². The quantitative estimate of drug-likeness (QED) is 0.888. The molecule has 0 amide bonds. The van der Waals surface area contributed by atoms with Crippen molar-refractivity contribution in [1.29, 1.82) is 0 Å². The Morgan fingerprint density at radius 1 is 1.26 bits per heavy atom. The smallest absolute Gasteiger partial charge is 0.307 e. The summed E-state index contributed by atoms with van der Waals surface area (Å²) < 4.78 is 11.1. The maximum Gasteiger partial charge on any atom is 0.307 e. The van der Waals surface area contributed by atoms with Crippen molar-refractivity contribution in [2.45, 2.75) is 12.8 Å². The fourth-order valence-electron chi connectivity index (χ4n) is 2.59. The molecule has 23 heavy (non-hydrogen) atoms. The third kappa shape index (κ3) is 4.29. The highest BCUT2D eigenvalue weighted by Gasteiger charge is 2.16. The van der Waals surface area contributed by atoms with Crippen LogP contribution < -0.4 is 4.74 Å². The predicted octanol–water partition coefficient (Wildman–Crippen LogP) is 2.79. The van der Waals surface area contributed by atoms with E-state index in [9.17, 15) is 4.79 Å². The summed E-state index contributed by atoms with van der Waals surface area (Å²) in [4.78, 5) is 14.9. The Morgan fingerprint density at radius 3 is 2.78 bits per heavy atom. The van der Waals surface area contributed by atoms with Gasteiger partial charge in [-0.25, -0.2) is 0 Å². The van der Waals surface area contributed by atoms with Crippen LogP contribution in [-0.2, 0) is 16.0 Å². The molecule has 1 aliphatic heterocycles. The van der Waals surface area contributed by atoms with E-state index in [1.807, 2.05) is 30.3 Å². The van der Waals surface area contributed by atoms with Crippen molar-refractivity contribution in [2.24, 2.45) is 5.92 Å². The highest BCUT2D eigenvalue weighted by molar-refractivity contribution is 5.71. The molecule has 0 saturated carbocycles. The average molecular weight is 313 g/mol. The van der Waals surface area contributed by atoms with Crippen LogP contribution in [0, 0.1) is 5.92 Å². The van der Waals surface area contributed by atoms with Gasteiger partial charge in [0.25, 0.3) is 0 Å².